The Morgan fingerprint density at radius 2 is 2.24 bits per heavy atom. The molecule has 17 heavy (non-hydrogen) atoms. The third-order valence-corrected chi connectivity index (χ3v) is 2.94. The minimum Gasteiger partial charge on any atom is -0.392 e. The first-order chi connectivity index (χ1) is 8.08. The van der Waals surface area contributed by atoms with E-state index in [-0.39, 0.29) is 18.4 Å². The molecule has 0 bridgehead atoms. The smallest absolute Gasteiger partial charge is 0.241 e. The Hall–Kier alpha value is -1.39. The molecule has 0 saturated carbocycles. The van der Waals surface area contributed by atoms with Crippen LogP contribution in [0.15, 0.2) is 24.3 Å². The topological polar surface area (TPSA) is 75.4 Å². The van der Waals surface area contributed by atoms with E-state index in [1.807, 2.05) is 13.8 Å². The summed E-state index contributed by atoms with van der Waals surface area (Å²) in [6, 6.07) is 6.60. The molecule has 0 aliphatic heterocycles. The molecule has 4 nitrogen and oxygen atoms in total. The summed E-state index contributed by atoms with van der Waals surface area (Å²) >= 11 is 0. The van der Waals surface area contributed by atoms with Gasteiger partial charge in [-0.25, -0.2) is 0 Å². The Morgan fingerprint density at radius 3 is 2.82 bits per heavy atom. The molecule has 2 atom stereocenters. The number of hydrogen-bond acceptors (Lipinski definition) is 3. The summed E-state index contributed by atoms with van der Waals surface area (Å²) in [6.07, 6.45) is 0.866. The van der Waals surface area contributed by atoms with E-state index in [1.54, 1.807) is 24.3 Å². The van der Waals surface area contributed by atoms with Gasteiger partial charge in [-0.1, -0.05) is 32.4 Å². The number of amides is 1. The van der Waals surface area contributed by atoms with E-state index < -0.39 is 6.04 Å². The summed E-state index contributed by atoms with van der Waals surface area (Å²) in [4.78, 5) is 11.8. The van der Waals surface area contributed by atoms with E-state index >= 15 is 0 Å². The van der Waals surface area contributed by atoms with Crippen LogP contribution >= 0.6 is 0 Å². The fourth-order valence-corrected chi connectivity index (χ4v) is 1.49. The standard InChI is InChI=1S/C13H20N2O2/c1-3-9(2)12(14)13(17)15-11-6-4-5-10(7-11)8-16/h4-7,9,12,16H,3,8,14H2,1-2H3,(H,15,17). The predicted octanol–water partition coefficient (Wildman–Crippen LogP) is 1.49. The van der Waals surface area contributed by atoms with Gasteiger partial charge in [-0.15, -0.1) is 0 Å². The van der Waals surface area contributed by atoms with Crippen molar-refractivity contribution in [1.29, 1.82) is 0 Å². The lowest BCUT2D eigenvalue weighted by Gasteiger charge is -2.17. The molecule has 4 heteroatoms. The minimum absolute atomic E-state index is 0.0405. The Balaban J connectivity index is 2.67. The van der Waals surface area contributed by atoms with Crippen molar-refractivity contribution < 1.29 is 9.90 Å². The van der Waals surface area contributed by atoms with Crippen molar-refractivity contribution in [2.45, 2.75) is 32.9 Å². The number of carbonyl (C=O) groups excluding carboxylic acids is 1. The van der Waals surface area contributed by atoms with Crippen LogP contribution in [0.5, 0.6) is 0 Å². The number of nitrogens with one attached hydrogen (secondary N) is 1. The van der Waals surface area contributed by atoms with Crippen LogP contribution in [0.4, 0.5) is 5.69 Å². The van der Waals surface area contributed by atoms with Crippen LogP contribution in [0.1, 0.15) is 25.8 Å². The molecular weight excluding hydrogens is 216 g/mol. The number of nitrogens with two attached hydrogens (primary N) is 1. The summed E-state index contributed by atoms with van der Waals surface area (Å²) in [6.45, 7) is 3.92. The molecular formula is C13H20N2O2. The number of aliphatic hydroxyl groups excluding tert-OH is 1. The Labute approximate surface area is 102 Å². The number of carbonyl (C=O) groups is 1. The summed E-state index contributed by atoms with van der Waals surface area (Å²) in [5.41, 5.74) is 7.26. The molecule has 0 spiro atoms. The molecule has 0 aromatic heterocycles. The summed E-state index contributed by atoms with van der Waals surface area (Å²) in [5.74, 6) is -0.0366. The van der Waals surface area contributed by atoms with Gasteiger partial charge in [-0.05, 0) is 23.6 Å². The van der Waals surface area contributed by atoms with Gasteiger partial charge in [0.05, 0.1) is 12.6 Å². The molecule has 1 aromatic carbocycles. The van der Waals surface area contributed by atoms with Gasteiger partial charge >= 0.3 is 0 Å². The second kappa shape index (κ2) is 6.37. The Morgan fingerprint density at radius 1 is 1.53 bits per heavy atom. The largest absolute Gasteiger partial charge is 0.392 e. The van der Waals surface area contributed by atoms with E-state index in [9.17, 15) is 4.79 Å². The van der Waals surface area contributed by atoms with Crippen LogP contribution in [0.3, 0.4) is 0 Å². The van der Waals surface area contributed by atoms with Crippen LogP contribution in [0, 0.1) is 5.92 Å². The van der Waals surface area contributed by atoms with Gasteiger partial charge in [-0.2, -0.15) is 0 Å². The minimum atomic E-state index is -0.502. The van der Waals surface area contributed by atoms with Crippen molar-refractivity contribution >= 4 is 11.6 Å². The fraction of sp³-hybridized carbons (Fsp3) is 0.462. The zero-order valence-corrected chi connectivity index (χ0v) is 10.3. The second-order valence-electron chi connectivity index (χ2n) is 4.26. The quantitative estimate of drug-likeness (QED) is 0.725. The van der Waals surface area contributed by atoms with Gasteiger partial charge in [0.25, 0.3) is 0 Å². The van der Waals surface area contributed by atoms with E-state index in [0.29, 0.717) is 5.69 Å². The number of anilines is 1. The van der Waals surface area contributed by atoms with Crippen molar-refractivity contribution in [3.05, 3.63) is 29.8 Å². The van der Waals surface area contributed by atoms with Gasteiger partial charge < -0.3 is 16.2 Å². The van der Waals surface area contributed by atoms with Gasteiger partial charge in [0.2, 0.25) is 5.91 Å². The lowest BCUT2D eigenvalue weighted by atomic mass is 9.99. The lowest BCUT2D eigenvalue weighted by Crippen LogP contribution is -2.40. The highest BCUT2D eigenvalue weighted by Crippen LogP contribution is 2.13. The van der Waals surface area contributed by atoms with Crippen LogP contribution in [0.25, 0.3) is 0 Å². The molecule has 0 saturated heterocycles. The molecule has 0 aliphatic rings. The summed E-state index contributed by atoms with van der Waals surface area (Å²) in [7, 11) is 0. The summed E-state index contributed by atoms with van der Waals surface area (Å²) in [5, 5.41) is 11.8. The normalized spacial score (nSPS) is 14.1. The maximum absolute atomic E-state index is 11.8. The highest BCUT2D eigenvalue weighted by Gasteiger charge is 2.19. The number of aliphatic hydroxyl groups is 1. The average molecular weight is 236 g/mol. The van der Waals surface area contributed by atoms with Crippen molar-refractivity contribution in [2.24, 2.45) is 11.7 Å². The van der Waals surface area contributed by atoms with Gasteiger partial charge in [0.1, 0.15) is 0 Å². The van der Waals surface area contributed by atoms with E-state index in [2.05, 4.69) is 5.32 Å². The Bertz CT molecular complexity index is 379. The predicted molar refractivity (Wildman–Crippen MR) is 68.4 cm³/mol. The molecule has 0 fully saturated rings. The molecule has 0 heterocycles. The lowest BCUT2D eigenvalue weighted by molar-refractivity contribution is -0.118. The van der Waals surface area contributed by atoms with E-state index in [4.69, 9.17) is 10.8 Å². The maximum atomic E-state index is 11.8. The van der Waals surface area contributed by atoms with E-state index in [1.165, 1.54) is 0 Å². The average Bonchev–Trinajstić information content (AvgIpc) is 2.37. The van der Waals surface area contributed by atoms with E-state index in [0.717, 1.165) is 12.0 Å². The van der Waals surface area contributed by atoms with Gasteiger partial charge in [0, 0.05) is 5.69 Å². The van der Waals surface area contributed by atoms with Crippen LogP contribution < -0.4 is 11.1 Å². The molecule has 4 N–H and O–H groups in total. The molecule has 1 aromatic rings. The van der Waals surface area contributed by atoms with Crippen LogP contribution in [0.2, 0.25) is 0 Å². The first-order valence-corrected chi connectivity index (χ1v) is 5.84. The highest BCUT2D eigenvalue weighted by atomic mass is 16.3. The maximum Gasteiger partial charge on any atom is 0.241 e. The first kappa shape index (κ1) is 13.7. The molecule has 0 radical (unpaired) electrons. The SMILES string of the molecule is CCC(C)C(N)C(=O)Nc1cccc(CO)c1. The third kappa shape index (κ3) is 3.84. The molecule has 1 amide bonds. The van der Waals surface area contributed by atoms with Crippen molar-refractivity contribution in [2.75, 3.05) is 5.32 Å². The number of hydrogen-bond donors (Lipinski definition) is 3. The molecule has 1 rings (SSSR count). The van der Waals surface area contributed by atoms with Crippen LogP contribution in [-0.2, 0) is 11.4 Å². The zero-order chi connectivity index (χ0) is 12.8. The van der Waals surface area contributed by atoms with Crippen molar-refractivity contribution in [3.8, 4) is 0 Å². The zero-order valence-electron chi connectivity index (χ0n) is 10.3. The number of rotatable bonds is 5. The Kier molecular flexibility index (Phi) is 5.12. The fourth-order valence-electron chi connectivity index (χ4n) is 1.49. The van der Waals surface area contributed by atoms with Crippen LogP contribution in [-0.4, -0.2) is 17.1 Å². The first-order valence-electron chi connectivity index (χ1n) is 5.84. The van der Waals surface area contributed by atoms with Crippen molar-refractivity contribution in [3.63, 3.8) is 0 Å². The number of benzene rings is 1. The molecule has 0 aliphatic carbocycles. The monoisotopic (exact) mass is 236 g/mol. The molecule has 2 unspecified atom stereocenters. The summed E-state index contributed by atoms with van der Waals surface area (Å²) < 4.78 is 0. The highest BCUT2D eigenvalue weighted by molar-refractivity contribution is 5.94. The third-order valence-electron chi connectivity index (χ3n) is 2.94. The van der Waals surface area contributed by atoms with Gasteiger partial charge in [0.15, 0.2) is 0 Å². The van der Waals surface area contributed by atoms with Gasteiger partial charge in [-0.3, -0.25) is 4.79 Å². The molecule has 94 valence electrons. The van der Waals surface area contributed by atoms with Crippen molar-refractivity contribution in [1.82, 2.24) is 0 Å². The second-order valence-corrected chi connectivity index (χ2v) is 4.26.